The Morgan fingerprint density at radius 3 is 0.965 bits per heavy atom. The van der Waals surface area contributed by atoms with Gasteiger partial charge < -0.3 is 20.4 Å². The van der Waals surface area contributed by atoms with E-state index in [1.165, 1.54) is 244 Å². The van der Waals surface area contributed by atoms with Crippen LogP contribution in [0.1, 0.15) is 350 Å². The predicted octanol–water partition coefficient (Wildman–Crippen LogP) is 22.6. The molecule has 0 saturated heterocycles. The zero-order valence-electron chi connectivity index (χ0n) is 56.9. The molecular weight excluding hydrogens is 1060 g/mol. The Morgan fingerprint density at radius 1 is 0.291 bits per heavy atom. The second-order valence-corrected chi connectivity index (χ2v) is 33.0. The first-order valence-electron chi connectivity index (χ1n) is 38.2. The quantitative estimate of drug-likeness (QED) is 0.0440. The Kier molecular flexibility index (Phi) is 33.9. The zero-order valence-corrected chi connectivity index (χ0v) is 56.9. The van der Waals surface area contributed by atoms with Crippen molar-refractivity contribution in [3.05, 3.63) is 0 Å². The van der Waals surface area contributed by atoms with E-state index in [9.17, 15) is 39.6 Å². The van der Waals surface area contributed by atoms with E-state index in [2.05, 4.69) is 41.5 Å². The highest BCUT2D eigenvalue weighted by molar-refractivity contribution is 5.68. The summed E-state index contributed by atoms with van der Waals surface area (Å²) in [5, 5.41) is 37.3. The smallest absolute Gasteiger partial charge is 0.303 e. The monoisotopic (exact) mass is 1200 g/mol. The highest BCUT2D eigenvalue weighted by atomic mass is 16.4. The summed E-state index contributed by atoms with van der Waals surface area (Å²) < 4.78 is 0. The van der Waals surface area contributed by atoms with Crippen LogP contribution in [0.5, 0.6) is 0 Å². The van der Waals surface area contributed by atoms with Gasteiger partial charge in [0.05, 0.1) is 0 Å². The second-order valence-electron chi connectivity index (χ2n) is 33.0. The van der Waals surface area contributed by atoms with Gasteiger partial charge in [0.2, 0.25) is 0 Å². The number of unbranched alkanes of at least 4 members (excludes halogenated alkanes) is 6. The largest absolute Gasteiger partial charge is 0.481 e. The normalized spacial score (nSPS) is 30.5. The fourth-order valence-electron chi connectivity index (χ4n) is 20.3. The molecule has 0 bridgehead atoms. The number of aliphatic carboxylic acids is 4. The number of hydrogen-bond donors (Lipinski definition) is 4. The number of carboxylic acids is 4. The molecule has 0 aliphatic heterocycles. The van der Waals surface area contributed by atoms with Crippen LogP contribution in [0.15, 0.2) is 0 Å². The SMILES string of the molecule is CC(CCCC1CCC(C(C)CCCCCCC(CCCC(C)C2CCC(C3CCC(CC(=O)O)C3)C2)CCC(CCCCCCC(C)C2CCC(CCCC(C)CC(=O)O)C2)CCCC(C)C2CCC(C3CCC(CC(=O)O)C3)C2)C1)CC(=O)O. The van der Waals surface area contributed by atoms with Gasteiger partial charge >= 0.3 is 23.9 Å². The maximum atomic E-state index is 11.5. The summed E-state index contributed by atoms with van der Waals surface area (Å²) in [5.74, 6) is 12.2. The van der Waals surface area contributed by atoms with Crippen LogP contribution in [0.25, 0.3) is 0 Å². The molecule has 8 heteroatoms. The second kappa shape index (κ2) is 40.0. The van der Waals surface area contributed by atoms with E-state index in [-0.39, 0.29) is 0 Å². The van der Waals surface area contributed by atoms with Crippen LogP contribution >= 0.6 is 0 Å². The molecule has 6 fully saturated rings. The maximum Gasteiger partial charge on any atom is 0.303 e. The Hall–Kier alpha value is -2.12. The van der Waals surface area contributed by atoms with E-state index in [4.69, 9.17) is 0 Å². The van der Waals surface area contributed by atoms with Crippen molar-refractivity contribution in [3.8, 4) is 0 Å². The van der Waals surface area contributed by atoms with Gasteiger partial charge in [-0.05, 0) is 221 Å². The van der Waals surface area contributed by atoms with Crippen LogP contribution in [-0.2, 0) is 19.2 Å². The van der Waals surface area contributed by atoms with E-state index >= 15 is 0 Å². The average Bonchev–Trinajstić information content (AvgIpc) is 2.96. The Balaban J connectivity index is 0.972. The maximum absolute atomic E-state index is 11.5. The molecule has 0 aromatic rings. The van der Waals surface area contributed by atoms with Crippen molar-refractivity contribution in [2.45, 2.75) is 350 Å². The molecule has 86 heavy (non-hydrogen) atoms. The molecule has 4 N–H and O–H groups in total. The molecule has 6 aliphatic rings. The molecule has 6 saturated carbocycles. The molecule has 0 spiro atoms. The molecule has 20 atom stereocenters. The molecule has 498 valence electrons. The van der Waals surface area contributed by atoms with Crippen LogP contribution < -0.4 is 0 Å². The van der Waals surface area contributed by atoms with Crippen LogP contribution in [0, 0.1) is 118 Å². The first-order chi connectivity index (χ1) is 41.4. The van der Waals surface area contributed by atoms with E-state index in [1.807, 2.05) is 0 Å². The van der Waals surface area contributed by atoms with Gasteiger partial charge in [-0.3, -0.25) is 19.2 Å². The Bertz CT molecular complexity index is 1750. The van der Waals surface area contributed by atoms with Crippen LogP contribution in [0.3, 0.4) is 0 Å². The average molecular weight is 1200 g/mol. The predicted molar refractivity (Wildman–Crippen MR) is 356 cm³/mol. The van der Waals surface area contributed by atoms with Gasteiger partial charge in [0, 0.05) is 25.7 Å². The first-order valence-corrected chi connectivity index (χ1v) is 38.2. The molecule has 0 radical (unpaired) electrons. The molecule has 0 amide bonds. The number of rotatable bonds is 47. The van der Waals surface area contributed by atoms with Gasteiger partial charge in [0.1, 0.15) is 0 Å². The van der Waals surface area contributed by atoms with E-state index < -0.39 is 23.9 Å². The van der Waals surface area contributed by atoms with Crippen molar-refractivity contribution in [2.24, 2.45) is 118 Å². The topological polar surface area (TPSA) is 149 Å². The van der Waals surface area contributed by atoms with Gasteiger partial charge in [0.15, 0.2) is 0 Å². The van der Waals surface area contributed by atoms with Crippen molar-refractivity contribution < 1.29 is 39.6 Å². The summed E-state index contributed by atoms with van der Waals surface area (Å²) in [7, 11) is 0. The lowest BCUT2D eigenvalue weighted by Gasteiger charge is -2.25. The minimum Gasteiger partial charge on any atom is -0.481 e. The van der Waals surface area contributed by atoms with Crippen molar-refractivity contribution >= 4 is 23.9 Å². The van der Waals surface area contributed by atoms with Crippen LogP contribution in [-0.4, -0.2) is 44.3 Å². The summed E-state index contributed by atoms with van der Waals surface area (Å²) in [6, 6.07) is 0. The van der Waals surface area contributed by atoms with E-state index in [1.54, 1.807) is 0 Å². The van der Waals surface area contributed by atoms with Crippen molar-refractivity contribution in [2.75, 3.05) is 0 Å². The summed E-state index contributed by atoms with van der Waals surface area (Å²) in [6.45, 7) is 14.5. The van der Waals surface area contributed by atoms with Crippen molar-refractivity contribution in [3.63, 3.8) is 0 Å². The lowest BCUT2D eigenvalue weighted by Crippen LogP contribution is -2.14. The summed E-state index contributed by atoms with van der Waals surface area (Å²) in [4.78, 5) is 45.3. The fraction of sp³-hybridized carbons (Fsp3) is 0.949. The van der Waals surface area contributed by atoms with Gasteiger partial charge in [-0.25, -0.2) is 0 Å². The third kappa shape index (κ3) is 27.8. The molecule has 6 rings (SSSR count). The summed E-state index contributed by atoms with van der Waals surface area (Å²) >= 11 is 0. The zero-order chi connectivity index (χ0) is 61.8. The lowest BCUT2D eigenvalue weighted by atomic mass is 9.80. The first kappa shape index (κ1) is 72.9. The fourth-order valence-corrected chi connectivity index (χ4v) is 20.3. The molecule has 0 heterocycles. The molecule has 8 nitrogen and oxygen atoms in total. The van der Waals surface area contributed by atoms with Gasteiger partial charge in [-0.1, -0.05) is 221 Å². The third-order valence-corrected chi connectivity index (χ3v) is 26.1. The highest BCUT2D eigenvalue weighted by Gasteiger charge is 2.39. The van der Waals surface area contributed by atoms with Crippen molar-refractivity contribution in [1.29, 1.82) is 0 Å². The van der Waals surface area contributed by atoms with Gasteiger partial charge in [-0.15, -0.1) is 0 Å². The molecular formula is C78H138O8. The number of carboxylic acid groups (broad SMARTS) is 4. The molecule has 20 unspecified atom stereocenters. The summed E-state index contributed by atoms with van der Waals surface area (Å²) in [5.41, 5.74) is 0. The van der Waals surface area contributed by atoms with Crippen LogP contribution in [0.4, 0.5) is 0 Å². The highest BCUT2D eigenvalue weighted by Crippen LogP contribution is 2.50. The van der Waals surface area contributed by atoms with Gasteiger partial charge in [0.25, 0.3) is 0 Å². The third-order valence-electron chi connectivity index (χ3n) is 26.1. The number of hydrogen-bond acceptors (Lipinski definition) is 4. The number of carbonyl (C=O) groups is 4. The minimum absolute atomic E-state index is 0.293. The van der Waals surface area contributed by atoms with Gasteiger partial charge in [-0.2, -0.15) is 0 Å². The van der Waals surface area contributed by atoms with E-state index in [0.717, 1.165) is 133 Å². The standard InChI is InChI=1S/C78H138O8/c1-55(45-75(79)80)19-15-29-63-33-37-67(47-63)57(3)21-11-7-9-13-25-61(27-17-23-59(5)69-41-43-73(53-69)71-39-35-65(49-71)51-77(83)84)31-32-62(28-18-24-60(6)70-42-44-74(54-70)72-40-36-66(50-72)52-78(85)86)26-14-10-8-12-22-58(4)68-38-34-64(48-68)30-16-20-56(2)46-76(81)82/h55-74H,7-54H2,1-6H3,(H,79,80)(H,81,82)(H,83,84)(H,85,86). The van der Waals surface area contributed by atoms with Crippen LogP contribution in [0.2, 0.25) is 0 Å². The molecule has 6 aliphatic carbocycles. The lowest BCUT2D eigenvalue weighted by molar-refractivity contribution is -0.139. The minimum atomic E-state index is -0.656. The van der Waals surface area contributed by atoms with Crippen molar-refractivity contribution in [1.82, 2.24) is 0 Å². The molecule has 0 aromatic carbocycles. The summed E-state index contributed by atoms with van der Waals surface area (Å²) in [6.07, 6.45) is 60.1. The molecule has 0 aromatic heterocycles. The van der Waals surface area contributed by atoms with E-state index in [0.29, 0.717) is 49.4 Å². The Morgan fingerprint density at radius 2 is 0.593 bits per heavy atom. The Labute approximate surface area is 529 Å².